The molecule has 9 heteroatoms. The molecule has 1 aliphatic rings. The van der Waals surface area contributed by atoms with Crippen LogP contribution >= 0.6 is 11.3 Å². The van der Waals surface area contributed by atoms with E-state index in [1.54, 1.807) is 7.11 Å². The van der Waals surface area contributed by atoms with Crippen molar-refractivity contribution in [3.63, 3.8) is 0 Å². The largest absolute Gasteiger partial charge is 0.493 e. The number of carbonyl (C=O) groups excluding carboxylic acids is 1. The van der Waals surface area contributed by atoms with Crippen LogP contribution in [0.2, 0.25) is 0 Å². The van der Waals surface area contributed by atoms with Crippen LogP contribution in [0.5, 0.6) is 11.5 Å². The second-order valence-corrected chi connectivity index (χ2v) is 10.4. The van der Waals surface area contributed by atoms with Gasteiger partial charge in [-0.05, 0) is 44.0 Å². The van der Waals surface area contributed by atoms with E-state index in [2.05, 4.69) is 29.2 Å². The molecule has 1 aromatic heterocycles. The molecule has 192 valence electrons. The van der Waals surface area contributed by atoms with E-state index in [4.69, 9.17) is 9.47 Å². The van der Waals surface area contributed by atoms with Crippen molar-refractivity contribution in [3.05, 3.63) is 52.5 Å². The molecule has 0 saturated carbocycles. The lowest BCUT2D eigenvalue weighted by atomic mass is 9.80. The minimum Gasteiger partial charge on any atom is -0.493 e. The zero-order chi connectivity index (χ0) is 25.7. The van der Waals surface area contributed by atoms with Gasteiger partial charge in [0.2, 0.25) is 5.91 Å². The fourth-order valence-corrected chi connectivity index (χ4v) is 5.62. The molecule has 1 heterocycles. The van der Waals surface area contributed by atoms with Crippen molar-refractivity contribution in [2.75, 3.05) is 33.9 Å². The van der Waals surface area contributed by atoms with Crippen LogP contribution in [-0.2, 0) is 29.0 Å². The highest BCUT2D eigenvalue weighted by molar-refractivity contribution is 7.18. The van der Waals surface area contributed by atoms with Crippen molar-refractivity contribution in [1.82, 2.24) is 15.2 Å². The van der Waals surface area contributed by atoms with Gasteiger partial charge in [-0.15, -0.1) is 11.3 Å². The van der Waals surface area contributed by atoms with Gasteiger partial charge in [0.25, 0.3) is 0 Å². The van der Waals surface area contributed by atoms with Gasteiger partial charge in [0.15, 0.2) is 11.5 Å². The summed E-state index contributed by atoms with van der Waals surface area (Å²) in [4.78, 5) is 31.8. The Hall–Kier alpha value is -3.17. The lowest BCUT2D eigenvalue weighted by Gasteiger charge is -2.25. The first-order valence-corrected chi connectivity index (χ1v) is 13.0. The van der Waals surface area contributed by atoms with E-state index in [1.807, 2.05) is 36.4 Å². The Morgan fingerprint density at radius 1 is 1.19 bits per heavy atom. The maximum Gasteiger partial charge on any atom is 0.304 e. The van der Waals surface area contributed by atoms with Crippen molar-refractivity contribution in [1.29, 1.82) is 0 Å². The average molecular weight is 512 g/mol. The smallest absolute Gasteiger partial charge is 0.304 e. The predicted molar refractivity (Wildman–Crippen MR) is 140 cm³/mol. The zero-order valence-electron chi connectivity index (χ0n) is 21.0. The zero-order valence-corrected chi connectivity index (χ0v) is 21.8. The summed E-state index contributed by atoms with van der Waals surface area (Å²) in [7, 11) is 3.69. The molecule has 0 saturated heterocycles. The first-order chi connectivity index (χ1) is 17.3. The van der Waals surface area contributed by atoms with E-state index in [1.165, 1.54) is 11.3 Å². The summed E-state index contributed by atoms with van der Waals surface area (Å²) in [5, 5.41) is 13.2. The average Bonchev–Trinajstić information content (AvgIpc) is 3.44. The molecule has 0 spiro atoms. The van der Waals surface area contributed by atoms with E-state index in [9.17, 15) is 14.7 Å². The topological polar surface area (TPSA) is 101 Å². The lowest BCUT2D eigenvalue weighted by Crippen LogP contribution is -2.43. The minimum absolute atomic E-state index is 0.209. The Labute approximate surface area is 215 Å². The van der Waals surface area contributed by atoms with Gasteiger partial charge in [0.1, 0.15) is 5.01 Å². The Kier molecular flexibility index (Phi) is 8.11. The number of nitrogens with zero attached hydrogens (tertiary/aromatic N) is 2. The molecular weight excluding hydrogens is 478 g/mol. The van der Waals surface area contributed by atoms with Gasteiger partial charge >= 0.3 is 5.97 Å². The van der Waals surface area contributed by atoms with E-state index < -0.39 is 11.4 Å². The summed E-state index contributed by atoms with van der Waals surface area (Å²) in [6.45, 7) is 4.89. The SMILES string of the molecule is CCN(C)CCCOc1cc2nc(CNC(=O)C3(CC(=O)O)Cc4ccccc4C3)sc2cc1OC. The van der Waals surface area contributed by atoms with Crippen molar-refractivity contribution in [2.45, 2.75) is 39.2 Å². The second-order valence-electron chi connectivity index (χ2n) is 9.33. The summed E-state index contributed by atoms with van der Waals surface area (Å²) in [5.74, 6) is 0.0711. The molecule has 2 aromatic carbocycles. The van der Waals surface area contributed by atoms with Crippen LogP contribution in [-0.4, -0.2) is 60.7 Å². The monoisotopic (exact) mass is 511 g/mol. The number of benzene rings is 2. The highest BCUT2D eigenvalue weighted by Gasteiger charge is 2.45. The predicted octanol–water partition coefficient (Wildman–Crippen LogP) is 3.90. The molecule has 1 aliphatic carbocycles. The van der Waals surface area contributed by atoms with Gasteiger partial charge in [-0.1, -0.05) is 31.2 Å². The van der Waals surface area contributed by atoms with Gasteiger partial charge in [-0.3, -0.25) is 9.59 Å². The van der Waals surface area contributed by atoms with Gasteiger partial charge in [-0.25, -0.2) is 4.98 Å². The fraction of sp³-hybridized carbons (Fsp3) is 0.444. The Morgan fingerprint density at radius 3 is 2.56 bits per heavy atom. The number of aliphatic carboxylic acids is 1. The number of thiazole rings is 1. The number of carboxylic acid groups (broad SMARTS) is 1. The maximum absolute atomic E-state index is 13.3. The summed E-state index contributed by atoms with van der Waals surface area (Å²) in [5.41, 5.74) is 1.87. The number of rotatable bonds is 12. The summed E-state index contributed by atoms with van der Waals surface area (Å²) >= 11 is 1.47. The highest BCUT2D eigenvalue weighted by atomic mass is 32.1. The number of nitrogens with one attached hydrogen (secondary N) is 1. The van der Waals surface area contributed by atoms with Crippen LogP contribution in [0.1, 0.15) is 35.9 Å². The Morgan fingerprint density at radius 2 is 1.92 bits per heavy atom. The molecule has 0 atom stereocenters. The normalized spacial score (nSPS) is 14.1. The Balaban J connectivity index is 1.44. The number of ether oxygens (including phenoxy) is 2. The molecule has 4 rings (SSSR count). The van der Waals surface area contributed by atoms with Crippen LogP contribution in [0.3, 0.4) is 0 Å². The number of fused-ring (bicyclic) bond motifs is 2. The van der Waals surface area contributed by atoms with Gasteiger partial charge < -0.3 is 24.8 Å². The molecule has 3 aromatic rings. The van der Waals surface area contributed by atoms with Crippen LogP contribution in [0.15, 0.2) is 36.4 Å². The molecule has 0 fully saturated rings. The quantitative estimate of drug-likeness (QED) is 0.356. The molecular formula is C27H33N3O5S. The first kappa shape index (κ1) is 25.9. The van der Waals surface area contributed by atoms with E-state index >= 15 is 0 Å². The van der Waals surface area contributed by atoms with Gasteiger partial charge in [0.05, 0.1) is 42.3 Å². The standard InChI is InChI=1S/C27H33N3O5S/c1-4-30(2)10-7-11-35-22-12-20-23(13-21(22)34-3)36-24(29-20)17-28-26(33)27(16-25(31)32)14-18-8-5-6-9-19(18)15-27/h5-6,8-9,12-13H,4,7,10-11,14-17H2,1-3H3,(H,28,33)(H,31,32). The molecule has 8 nitrogen and oxygen atoms in total. The maximum atomic E-state index is 13.3. The second kappa shape index (κ2) is 11.3. The molecule has 1 amide bonds. The number of carboxylic acids is 1. The van der Waals surface area contributed by atoms with Crippen LogP contribution in [0, 0.1) is 5.41 Å². The molecule has 36 heavy (non-hydrogen) atoms. The number of methoxy groups -OCH3 is 1. The summed E-state index contributed by atoms with van der Waals surface area (Å²) in [6, 6.07) is 11.6. The third-order valence-corrected chi connectivity index (χ3v) is 7.77. The number of hydrogen-bond acceptors (Lipinski definition) is 7. The summed E-state index contributed by atoms with van der Waals surface area (Å²) < 4.78 is 12.4. The van der Waals surface area contributed by atoms with E-state index in [0.29, 0.717) is 30.9 Å². The lowest BCUT2D eigenvalue weighted by molar-refractivity contribution is -0.145. The molecule has 0 unspecified atom stereocenters. The molecule has 0 bridgehead atoms. The molecule has 0 aliphatic heterocycles. The van der Waals surface area contributed by atoms with Gasteiger partial charge in [-0.2, -0.15) is 0 Å². The highest BCUT2D eigenvalue weighted by Crippen LogP contribution is 2.40. The fourth-order valence-electron chi connectivity index (χ4n) is 4.70. The first-order valence-electron chi connectivity index (χ1n) is 12.2. The number of amides is 1. The van der Waals surface area contributed by atoms with Crippen LogP contribution < -0.4 is 14.8 Å². The van der Waals surface area contributed by atoms with E-state index in [-0.39, 0.29) is 18.9 Å². The van der Waals surface area contributed by atoms with Crippen LogP contribution in [0.4, 0.5) is 0 Å². The van der Waals surface area contributed by atoms with Crippen molar-refractivity contribution >= 4 is 33.4 Å². The number of aromatic nitrogens is 1. The van der Waals surface area contributed by atoms with E-state index in [0.717, 1.165) is 45.9 Å². The van der Waals surface area contributed by atoms with Crippen molar-refractivity contribution < 1.29 is 24.2 Å². The minimum atomic E-state index is -0.984. The molecule has 0 radical (unpaired) electrons. The third-order valence-electron chi connectivity index (χ3n) is 6.75. The summed E-state index contributed by atoms with van der Waals surface area (Å²) in [6.07, 6.45) is 1.54. The third kappa shape index (κ3) is 5.79. The van der Waals surface area contributed by atoms with Crippen LogP contribution in [0.25, 0.3) is 10.2 Å². The van der Waals surface area contributed by atoms with Crippen molar-refractivity contribution in [3.8, 4) is 11.5 Å². The van der Waals surface area contributed by atoms with Gasteiger partial charge in [0, 0.05) is 18.7 Å². The van der Waals surface area contributed by atoms with Crippen molar-refractivity contribution in [2.24, 2.45) is 5.41 Å². The number of carbonyl (C=O) groups is 2. The Bertz CT molecular complexity index is 1220. The molecule has 2 N–H and O–H groups in total. The number of hydrogen-bond donors (Lipinski definition) is 2.